The average Bonchev–Trinajstić information content (AvgIpc) is 2.91. The van der Waals surface area contributed by atoms with E-state index in [1.165, 1.54) is 10.4 Å². The number of nitrogens with zero attached hydrogens (tertiary/aromatic N) is 2. The number of thiazole rings is 1. The van der Waals surface area contributed by atoms with E-state index in [0.717, 1.165) is 37.5 Å². The number of aliphatic hydroxyl groups excluding tert-OH is 1. The maximum atomic E-state index is 9.51. The summed E-state index contributed by atoms with van der Waals surface area (Å²) in [6.07, 6.45) is 3.67. The molecule has 0 aliphatic carbocycles. The maximum absolute atomic E-state index is 9.51. The summed E-state index contributed by atoms with van der Waals surface area (Å²) in [5, 5.41) is 10.6. The van der Waals surface area contributed by atoms with Crippen molar-refractivity contribution in [3.05, 3.63) is 41.4 Å². The Morgan fingerprint density at radius 1 is 1.21 bits per heavy atom. The molecule has 0 spiro atoms. The Labute approximate surface area is 117 Å². The Kier molecular flexibility index (Phi) is 3.92. The van der Waals surface area contributed by atoms with Gasteiger partial charge in [-0.25, -0.2) is 4.98 Å². The van der Waals surface area contributed by atoms with E-state index in [4.69, 9.17) is 0 Å². The predicted octanol–water partition coefficient (Wildman–Crippen LogP) is 2.77. The van der Waals surface area contributed by atoms with Crippen LogP contribution in [0.25, 0.3) is 10.6 Å². The number of hydrogen-bond acceptors (Lipinski definition) is 4. The van der Waals surface area contributed by atoms with Crippen molar-refractivity contribution in [1.82, 2.24) is 9.88 Å². The fourth-order valence-electron chi connectivity index (χ4n) is 2.39. The van der Waals surface area contributed by atoms with Crippen LogP contribution in [0.3, 0.4) is 0 Å². The average molecular weight is 274 g/mol. The highest BCUT2D eigenvalue weighted by molar-refractivity contribution is 7.15. The van der Waals surface area contributed by atoms with Gasteiger partial charge in [-0.2, -0.15) is 0 Å². The second-order valence-corrected chi connectivity index (χ2v) is 6.12. The molecule has 100 valence electrons. The lowest BCUT2D eigenvalue weighted by Gasteiger charge is -2.28. The van der Waals surface area contributed by atoms with Gasteiger partial charge in [0.1, 0.15) is 5.01 Å². The lowest BCUT2D eigenvalue weighted by atomic mass is 10.1. The van der Waals surface area contributed by atoms with E-state index in [0.29, 0.717) is 0 Å². The first kappa shape index (κ1) is 12.8. The normalized spacial score (nSPS) is 17.7. The van der Waals surface area contributed by atoms with Gasteiger partial charge in [0.2, 0.25) is 0 Å². The maximum Gasteiger partial charge on any atom is 0.123 e. The summed E-state index contributed by atoms with van der Waals surface area (Å²) < 4.78 is 0. The van der Waals surface area contributed by atoms with Crippen molar-refractivity contribution in [2.75, 3.05) is 13.1 Å². The van der Waals surface area contributed by atoms with Gasteiger partial charge in [-0.15, -0.1) is 11.3 Å². The number of aromatic nitrogens is 1. The molecule has 1 aliphatic rings. The van der Waals surface area contributed by atoms with Crippen molar-refractivity contribution < 1.29 is 5.11 Å². The molecule has 1 N–H and O–H groups in total. The molecule has 4 heteroatoms. The molecule has 0 atom stereocenters. The Hall–Kier alpha value is -1.23. The standard InChI is InChI=1S/C15H18N2OS/c18-13-6-8-17(9-7-13)11-14-10-16-15(19-14)12-4-2-1-3-5-12/h1-5,10,13,18H,6-9,11H2. The van der Waals surface area contributed by atoms with Gasteiger partial charge in [-0.3, -0.25) is 4.90 Å². The van der Waals surface area contributed by atoms with Crippen molar-refractivity contribution in [2.24, 2.45) is 0 Å². The summed E-state index contributed by atoms with van der Waals surface area (Å²) in [5.74, 6) is 0. The molecular formula is C15H18N2OS. The van der Waals surface area contributed by atoms with Gasteiger partial charge >= 0.3 is 0 Å². The van der Waals surface area contributed by atoms with Crippen molar-refractivity contribution >= 4 is 11.3 Å². The minimum absolute atomic E-state index is 0.0995. The van der Waals surface area contributed by atoms with E-state index in [1.54, 1.807) is 11.3 Å². The molecule has 0 amide bonds. The second-order valence-electron chi connectivity index (χ2n) is 5.01. The van der Waals surface area contributed by atoms with E-state index < -0.39 is 0 Å². The summed E-state index contributed by atoms with van der Waals surface area (Å²) in [6.45, 7) is 2.93. The molecule has 1 aliphatic heterocycles. The third-order valence-corrected chi connectivity index (χ3v) is 4.54. The first-order valence-electron chi connectivity index (χ1n) is 6.72. The monoisotopic (exact) mass is 274 g/mol. The van der Waals surface area contributed by atoms with Gasteiger partial charge in [-0.1, -0.05) is 30.3 Å². The molecule has 19 heavy (non-hydrogen) atoms. The molecule has 0 unspecified atom stereocenters. The molecule has 2 aromatic rings. The van der Waals surface area contributed by atoms with Crippen LogP contribution in [0.5, 0.6) is 0 Å². The lowest BCUT2D eigenvalue weighted by Crippen LogP contribution is -2.35. The summed E-state index contributed by atoms with van der Waals surface area (Å²) in [6, 6.07) is 10.3. The quantitative estimate of drug-likeness (QED) is 0.935. The van der Waals surface area contributed by atoms with Gasteiger partial charge in [-0.05, 0) is 12.8 Å². The van der Waals surface area contributed by atoms with Crippen LogP contribution in [0.2, 0.25) is 0 Å². The number of rotatable bonds is 3. The van der Waals surface area contributed by atoms with Crippen molar-refractivity contribution in [3.63, 3.8) is 0 Å². The topological polar surface area (TPSA) is 36.4 Å². The van der Waals surface area contributed by atoms with Crippen LogP contribution in [0, 0.1) is 0 Å². The zero-order valence-corrected chi connectivity index (χ0v) is 11.6. The number of benzene rings is 1. The van der Waals surface area contributed by atoms with Crippen molar-refractivity contribution in [3.8, 4) is 10.6 Å². The molecule has 0 radical (unpaired) electrons. The van der Waals surface area contributed by atoms with Gasteiger partial charge in [0.15, 0.2) is 0 Å². The Bertz CT molecular complexity index is 518. The summed E-state index contributed by atoms with van der Waals surface area (Å²) in [7, 11) is 0. The fourth-order valence-corrected chi connectivity index (χ4v) is 3.35. The first-order chi connectivity index (χ1) is 9.31. The predicted molar refractivity (Wildman–Crippen MR) is 78.1 cm³/mol. The van der Waals surface area contributed by atoms with Gasteiger partial charge in [0.05, 0.1) is 6.10 Å². The van der Waals surface area contributed by atoms with Crippen LogP contribution in [0.4, 0.5) is 0 Å². The highest BCUT2D eigenvalue weighted by atomic mass is 32.1. The van der Waals surface area contributed by atoms with Crippen LogP contribution in [0.1, 0.15) is 17.7 Å². The summed E-state index contributed by atoms with van der Waals surface area (Å²) in [4.78, 5) is 8.21. The van der Waals surface area contributed by atoms with Gasteiger partial charge < -0.3 is 5.11 Å². The van der Waals surface area contributed by atoms with E-state index >= 15 is 0 Å². The molecule has 0 bridgehead atoms. The third-order valence-electron chi connectivity index (χ3n) is 3.51. The smallest absolute Gasteiger partial charge is 0.123 e. The minimum atomic E-state index is -0.0995. The minimum Gasteiger partial charge on any atom is -0.393 e. The highest BCUT2D eigenvalue weighted by Crippen LogP contribution is 2.26. The molecule has 0 saturated carbocycles. The van der Waals surface area contributed by atoms with E-state index in [1.807, 2.05) is 24.4 Å². The highest BCUT2D eigenvalue weighted by Gasteiger charge is 2.17. The SMILES string of the molecule is OC1CCN(Cc2cnc(-c3ccccc3)s2)CC1. The van der Waals surface area contributed by atoms with Crippen LogP contribution in [-0.4, -0.2) is 34.2 Å². The van der Waals surface area contributed by atoms with Gasteiger partial charge in [0, 0.05) is 36.3 Å². The molecule has 1 fully saturated rings. The lowest BCUT2D eigenvalue weighted by molar-refractivity contribution is 0.0797. The van der Waals surface area contributed by atoms with Crippen LogP contribution >= 0.6 is 11.3 Å². The van der Waals surface area contributed by atoms with Gasteiger partial charge in [0.25, 0.3) is 0 Å². The summed E-state index contributed by atoms with van der Waals surface area (Å²) in [5.41, 5.74) is 1.19. The Morgan fingerprint density at radius 3 is 2.68 bits per heavy atom. The van der Waals surface area contributed by atoms with Crippen molar-refractivity contribution in [1.29, 1.82) is 0 Å². The Balaban J connectivity index is 1.65. The molecule has 1 aromatic carbocycles. The molecule has 3 nitrogen and oxygen atoms in total. The number of piperidine rings is 1. The van der Waals surface area contributed by atoms with Crippen LogP contribution < -0.4 is 0 Å². The molecule has 1 aromatic heterocycles. The van der Waals surface area contributed by atoms with E-state index in [9.17, 15) is 5.11 Å². The third kappa shape index (κ3) is 3.21. The van der Waals surface area contributed by atoms with Crippen LogP contribution in [-0.2, 0) is 6.54 Å². The van der Waals surface area contributed by atoms with E-state index in [2.05, 4.69) is 22.0 Å². The molecule has 2 heterocycles. The van der Waals surface area contributed by atoms with Crippen molar-refractivity contribution in [2.45, 2.75) is 25.5 Å². The summed E-state index contributed by atoms with van der Waals surface area (Å²) >= 11 is 1.77. The second kappa shape index (κ2) is 5.82. The number of hydrogen-bond donors (Lipinski definition) is 1. The fraction of sp³-hybridized carbons (Fsp3) is 0.400. The van der Waals surface area contributed by atoms with Crippen LogP contribution in [0.15, 0.2) is 36.5 Å². The molecule has 3 rings (SSSR count). The van der Waals surface area contributed by atoms with E-state index in [-0.39, 0.29) is 6.10 Å². The zero-order valence-electron chi connectivity index (χ0n) is 10.8. The molecule has 1 saturated heterocycles. The largest absolute Gasteiger partial charge is 0.393 e. The Morgan fingerprint density at radius 2 is 1.95 bits per heavy atom. The number of likely N-dealkylation sites (tertiary alicyclic amines) is 1. The zero-order chi connectivity index (χ0) is 13.1. The first-order valence-corrected chi connectivity index (χ1v) is 7.53. The molecular weight excluding hydrogens is 256 g/mol. The number of aliphatic hydroxyl groups is 1.